The molecule has 0 aliphatic rings. The zero-order chi connectivity index (χ0) is 19.5. The van der Waals surface area contributed by atoms with E-state index in [4.69, 9.17) is 0 Å². The molecule has 0 aliphatic heterocycles. The Hall–Kier alpha value is -3.08. The van der Waals surface area contributed by atoms with E-state index in [2.05, 4.69) is 5.32 Å². The number of amides is 1. The molecule has 26 heavy (non-hydrogen) atoms. The van der Waals surface area contributed by atoms with Gasteiger partial charge in [-0.25, -0.2) is 17.2 Å². The third kappa shape index (κ3) is 4.72. The summed E-state index contributed by atoms with van der Waals surface area (Å²) in [6.45, 7) is -0.709. The fourth-order valence-electron chi connectivity index (χ4n) is 2.07. The fourth-order valence-corrected chi connectivity index (χ4v) is 2.91. The van der Waals surface area contributed by atoms with Gasteiger partial charge in [0.25, 0.3) is 5.69 Å². The van der Waals surface area contributed by atoms with E-state index in [0.717, 1.165) is 30.5 Å². The fraction of sp³-hybridized carbons (Fsp3) is 0.133. The first-order chi connectivity index (χ1) is 12.1. The molecule has 2 rings (SSSR count). The lowest BCUT2D eigenvalue weighted by Crippen LogP contribution is -2.37. The van der Waals surface area contributed by atoms with Crippen molar-refractivity contribution in [3.63, 3.8) is 0 Å². The van der Waals surface area contributed by atoms with Gasteiger partial charge >= 0.3 is 0 Å². The largest absolute Gasteiger partial charge is 0.324 e. The molecule has 0 spiro atoms. The summed E-state index contributed by atoms with van der Waals surface area (Å²) in [6, 6.07) is 7.40. The summed E-state index contributed by atoms with van der Waals surface area (Å²) in [6.07, 6.45) is 0.830. The number of nitrogens with one attached hydrogen (secondary N) is 1. The Balaban J connectivity index is 2.25. The Morgan fingerprint density at radius 3 is 2.46 bits per heavy atom. The van der Waals surface area contributed by atoms with Gasteiger partial charge in [-0.05, 0) is 18.2 Å². The van der Waals surface area contributed by atoms with Crippen molar-refractivity contribution < 1.29 is 26.9 Å². The Morgan fingerprint density at radius 1 is 1.19 bits per heavy atom. The highest BCUT2D eigenvalue weighted by Gasteiger charge is 2.22. The molecule has 138 valence electrons. The van der Waals surface area contributed by atoms with Crippen molar-refractivity contribution in [3.8, 4) is 0 Å². The lowest BCUT2D eigenvalue weighted by Gasteiger charge is -2.21. The van der Waals surface area contributed by atoms with E-state index in [9.17, 15) is 32.1 Å². The van der Waals surface area contributed by atoms with Gasteiger partial charge in [-0.2, -0.15) is 0 Å². The van der Waals surface area contributed by atoms with E-state index >= 15 is 0 Å². The quantitative estimate of drug-likeness (QED) is 0.606. The number of carbonyl (C=O) groups excluding carboxylic acids is 1. The van der Waals surface area contributed by atoms with E-state index in [1.54, 1.807) is 0 Å². The van der Waals surface area contributed by atoms with Crippen molar-refractivity contribution in [2.45, 2.75) is 0 Å². The first-order valence-corrected chi connectivity index (χ1v) is 8.90. The van der Waals surface area contributed by atoms with Crippen LogP contribution in [0.2, 0.25) is 0 Å². The zero-order valence-electron chi connectivity index (χ0n) is 13.3. The van der Waals surface area contributed by atoms with Gasteiger partial charge in [0.2, 0.25) is 15.9 Å². The monoisotopic (exact) mass is 385 g/mol. The van der Waals surface area contributed by atoms with Gasteiger partial charge in [-0.3, -0.25) is 19.2 Å². The predicted octanol–water partition coefficient (Wildman–Crippen LogP) is 2.28. The number of nitro groups is 1. The predicted molar refractivity (Wildman–Crippen MR) is 90.3 cm³/mol. The molecule has 0 unspecified atom stereocenters. The zero-order valence-corrected chi connectivity index (χ0v) is 14.2. The number of hydrogen-bond acceptors (Lipinski definition) is 5. The van der Waals surface area contributed by atoms with Crippen LogP contribution < -0.4 is 9.62 Å². The molecule has 1 N–H and O–H groups in total. The summed E-state index contributed by atoms with van der Waals surface area (Å²) < 4.78 is 50.7. The van der Waals surface area contributed by atoms with Crippen LogP contribution in [0.5, 0.6) is 0 Å². The number of non-ortho nitro benzene ring substituents is 1. The first-order valence-electron chi connectivity index (χ1n) is 7.05. The molecule has 0 radical (unpaired) electrons. The van der Waals surface area contributed by atoms with Crippen LogP contribution in [0, 0.1) is 21.7 Å². The average Bonchev–Trinajstić information content (AvgIpc) is 2.55. The molecule has 2 aromatic rings. The second kappa shape index (κ2) is 7.44. The normalized spacial score (nSPS) is 11.0. The molecular formula is C15H13F2N3O5S. The van der Waals surface area contributed by atoms with Crippen molar-refractivity contribution in [2.75, 3.05) is 22.4 Å². The Kier molecular flexibility index (Phi) is 5.50. The van der Waals surface area contributed by atoms with Gasteiger partial charge < -0.3 is 5.32 Å². The Labute approximate surface area is 147 Å². The number of carbonyl (C=O) groups is 1. The Morgan fingerprint density at radius 2 is 1.88 bits per heavy atom. The molecule has 0 saturated heterocycles. The summed E-state index contributed by atoms with van der Waals surface area (Å²) in [5.74, 6) is -3.12. The maximum Gasteiger partial charge on any atom is 0.271 e. The summed E-state index contributed by atoms with van der Waals surface area (Å²) in [7, 11) is -3.95. The van der Waals surface area contributed by atoms with E-state index in [1.807, 2.05) is 0 Å². The van der Waals surface area contributed by atoms with Crippen LogP contribution in [0.15, 0.2) is 42.5 Å². The minimum absolute atomic E-state index is 0.0682. The van der Waals surface area contributed by atoms with Crippen LogP contribution in [0.3, 0.4) is 0 Å². The molecule has 0 saturated carbocycles. The molecule has 8 nitrogen and oxygen atoms in total. The number of rotatable bonds is 6. The van der Waals surface area contributed by atoms with E-state index < -0.39 is 39.0 Å². The van der Waals surface area contributed by atoms with E-state index in [1.165, 1.54) is 18.2 Å². The summed E-state index contributed by atoms with van der Waals surface area (Å²) in [5.41, 5.74) is -0.499. The van der Waals surface area contributed by atoms with Gasteiger partial charge in [0.05, 0.1) is 16.9 Å². The maximum atomic E-state index is 13.2. The number of sulfonamides is 1. The standard InChI is InChI=1S/C15H13F2N3O5S/c1-26(24,25)19(11-3-2-4-12(8-11)20(22)23)9-15(21)18-10-5-6-13(16)14(17)7-10/h2-8H,9H2,1H3,(H,18,21). The maximum absolute atomic E-state index is 13.2. The van der Waals surface area contributed by atoms with Crippen LogP contribution in [-0.4, -0.2) is 32.0 Å². The molecule has 2 aromatic carbocycles. The number of halogens is 2. The third-order valence-corrected chi connectivity index (χ3v) is 4.36. The van der Waals surface area contributed by atoms with Crippen LogP contribution in [0.4, 0.5) is 25.8 Å². The van der Waals surface area contributed by atoms with Gasteiger partial charge in [-0.1, -0.05) is 6.07 Å². The van der Waals surface area contributed by atoms with Crippen LogP contribution in [-0.2, 0) is 14.8 Å². The summed E-state index contributed by atoms with van der Waals surface area (Å²) in [5, 5.41) is 13.1. The van der Waals surface area contributed by atoms with Crippen LogP contribution in [0.25, 0.3) is 0 Å². The lowest BCUT2D eigenvalue weighted by atomic mass is 10.2. The topological polar surface area (TPSA) is 110 Å². The Bertz CT molecular complexity index is 966. The summed E-state index contributed by atoms with van der Waals surface area (Å²) in [4.78, 5) is 22.2. The highest BCUT2D eigenvalue weighted by atomic mass is 32.2. The number of nitrogens with zero attached hydrogens (tertiary/aromatic N) is 2. The smallest absolute Gasteiger partial charge is 0.271 e. The molecular weight excluding hydrogens is 372 g/mol. The SMILES string of the molecule is CS(=O)(=O)N(CC(=O)Nc1ccc(F)c(F)c1)c1cccc([N+](=O)[O-])c1. The lowest BCUT2D eigenvalue weighted by molar-refractivity contribution is -0.384. The highest BCUT2D eigenvalue weighted by molar-refractivity contribution is 7.92. The number of nitro benzene ring substituents is 1. The minimum atomic E-state index is -3.95. The average molecular weight is 385 g/mol. The van der Waals surface area contributed by atoms with Gasteiger partial charge in [-0.15, -0.1) is 0 Å². The van der Waals surface area contributed by atoms with E-state index in [-0.39, 0.29) is 17.1 Å². The second-order valence-electron chi connectivity index (χ2n) is 5.22. The molecule has 1 amide bonds. The van der Waals surface area contributed by atoms with Crippen molar-refractivity contribution >= 4 is 33.0 Å². The number of anilines is 2. The second-order valence-corrected chi connectivity index (χ2v) is 7.13. The number of benzene rings is 2. The van der Waals surface area contributed by atoms with Gasteiger partial charge in [0.1, 0.15) is 6.54 Å². The third-order valence-electron chi connectivity index (χ3n) is 3.22. The van der Waals surface area contributed by atoms with Crippen molar-refractivity contribution in [1.29, 1.82) is 0 Å². The molecule has 11 heteroatoms. The van der Waals surface area contributed by atoms with Crippen molar-refractivity contribution in [2.24, 2.45) is 0 Å². The van der Waals surface area contributed by atoms with E-state index in [0.29, 0.717) is 4.31 Å². The molecule has 0 atom stereocenters. The molecule has 0 aromatic heterocycles. The first kappa shape index (κ1) is 19.2. The van der Waals surface area contributed by atoms with Crippen LogP contribution in [0.1, 0.15) is 0 Å². The van der Waals surface area contributed by atoms with Crippen molar-refractivity contribution in [1.82, 2.24) is 0 Å². The van der Waals surface area contributed by atoms with Gasteiger partial charge in [0.15, 0.2) is 11.6 Å². The van der Waals surface area contributed by atoms with Crippen LogP contribution >= 0.6 is 0 Å². The van der Waals surface area contributed by atoms with Gasteiger partial charge in [0, 0.05) is 23.9 Å². The summed E-state index contributed by atoms with van der Waals surface area (Å²) >= 11 is 0. The molecule has 0 bridgehead atoms. The molecule has 0 fully saturated rings. The molecule has 0 heterocycles. The minimum Gasteiger partial charge on any atom is -0.324 e. The van der Waals surface area contributed by atoms with Crippen molar-refractivity contribution in [3.05, 3.63) is 64.2 Å². The highest BCUT2D eigenvalue weighted by Crippen LogP contribution is 2.23. The number of hydrogen-bond donors (Lipinski definition) is 1. The molecule has 0 aliphatic carbocycles.